The van der Waals surface area contributed by atoms with E-state index in [0.29, 0.717) is 18.3 Å². The molecule has 0 atom stereocenters. The van der Waals surface area contributed by atoms with Crippen molar-refractivity contribution in [3.05, 3.63) is 41.5 Å². The maximum atomic E-state index is 5.51. The Morgan fingerprint density at radius 3 is 2.65 bits per heavy atom. The van der Waals surface area contributed by atoms with Gasteiger partial charge in [-0.2, -0.15) is 4.98 Å². The molecule has 1 heterocycles. The van der Waals surface area contributed by atoms with Crippen LogP contribution in [0.2, 0.25) is 0 Å². The first-order valence-corrected chi connectivity index (χ1v) is 5.49. The van der Waals surface area contributed by atoms with Gasteiger partial charge in [0.15, 0.2) is 12.4 Å². The maximum Gasteiger partial charge on any atom is 0.264 e. The monoisotopic (exact) mass is 233 g/mol. The number of aryl methyl sites for hydroxylation is 1. The van der Waals surface area contributed by atoms with Crippen molar-refractivity contribution < 1.29 is 9.26 Å². The molecule has 0 aliphatic heterocycles. The molecule has 0 aliphatic carbocycles. The van der Waals surface area contributed by atoms with Gasteiger partial charge in [-0.25, -0.2) is 0 Å². The van der Waals surface area contributed by atoms with Crippen molar-refractivity contribution in [2.45, 2.75) is 20.0 Å². The van der Waals surface area contributed by atoms with Gasteiger partial charge in [-0.15, -0.1) is 0 Å². The van der Waals surface area contributed by atoms with Crippen molar-refractivity contribution in [2.75, 3.05) is 6.54 Å². The molecule has 0 radical (unpaired) electrons. The van der Waals surface area contributed by atoms with Crippen LogP contribution in [-0.4, -0.2) is 16.7 Å². The van der Waals surface area contributed by atoms with E-state index in [1.165, 1.54) is 5.56 Å². The molecule has 1 aromatic heterocycles. The number of hydrogen-bond acceptors (Lipinski definition) is 5. The van der Waals surface area contributed by atoms with Crippen LogP contribution >= 0.6 is 0 Å². The smallest absolute Gasteiger partial charge is 0.264 e. The Hall–Kier alpha value is -1.88. The highest BCUT2D eigenvalue weighted by atomic mass is 16.5. The molecule has 0 amide bonds. The fourth-order valence-corrected chi connectivity index (χ4v) is 1.46. The number of rotatable bonds is 5. The molecule has 2 rings (SSSR count). The number of nitrogens with zero attached hydrogens (tertiary/aromatic N) is 2. The highest BCUT2D eigenvalue weighted by molar-refractivity contribution is 5.27. The molecule has 0 aliphatic rings. The van der Waals surface area contributed by atoms with Gasteiger partial charge in [0.25, 0.3) is 5.89 Å². The lowest BCUT2D eigenvalue weighted by Crippen LogP contribution is -2.02. The van der Waals surface area contributed by atoms with Crippen molar-refractivity contribution in [2.24, 2.45) is 5.73 Å². The SMILES string of the molecule is Cc1noc(COc2ccc(CCN)cc2)n1. The zero-order valence-electron chi connectivity index (χ0n) is 9.72. The van der Waals surface area contributed by atoms with Gasteiger partial charge in [-0.3, -0.25) is 0 Å². The molecule has 1 aromatic carbocycles. The van der Waals surface area contributed by atoms with Crippen LogP contribution in [0.5, 0.6) is 5.75 Å². The Labute approximate surface area is 99.6 Å². The third-order valence-electron chi connectivity index (χ3n) is 2.29. The summed E-state index contributed by atoms with van der Waals surface area (Å²) in [6.07, 6.45) is 0.878. The fourth-order valence-electron chi connectivity index (χ4n) is 1.46. The molecule has 0 fully saturated rings. The highest BCUT2D eigenvalue weighted by Crippen LogP contribution is 2.13. The van der Waals surface area contributed by atoms with E-state index in [-0.39, 0.29) is 6.61 Å². The molecule has 2 N–H and O–H groups in total. The summed E-state index contributed by atoms with van der Waals surface area (Å²) in [5.41, 5.74) is 6.68. The largest absolute Gasteiger partial charge is 0.484 e. The predicted molar refractivity (Wildman–Crippen MR) is 62.6 cm³/mol. The minimum Gasteiger partial charge on any atom is -0.484 e. The molecule has 2 aromatic rings. The molecule has 0 spiro atoms. The number of aromatic nitrogens is 2. The van der Waals surface area contributed by atoms with E-state index >= 15 is 0 Å². The van der Waals surface area contributed by atoms with E-state index in [1.54, 1.807) is 6.92 Å². The van der Waals surface area contributed by atoms with E-state index in [0.717, 1.165) is 12.2 Å². The Morgan fingerprint density at radius 2 is 2.06 bits per heavy atom. The lowest BCUT2D eigenvalue weighted by Gasteiger charge is -2.04. The second-order valence-corrected chi connectivity index (χ2v) is 3.71. The molecule has 0 saturated carbocycles. The summed E-state index contributed by atoms with van der Waals surface area (Å²) in [6.45, 7) is 2.72. The van der Waals surface area contributed by atoms with Gasteiger partial charge in [0.1, 0.15) is 5.75 Å². The predicted octanol–water partition coefficient (Wildman–Crippen LogP) is 1.46. The number of hydrogen-bond donors (Lipinski definition) is 1. The summed E-state index contributed by atoms with van der Waals surface area (Å²) in [7, 11) is 0. The number of nitrogens with two attached hydrogens (primary N) is 1. The number of ether oxygens (including phenoxy) is 1. The van der Waals surface area contributed by atoms with Gasteiger partial charge in [-0.05, 0) is 37.6 Å². The van der Waals surface area contributed by atoms with Gasteiger partial charge >= 0.3 is 0 Å². The van der Waals surface area contributed by atoms with Crippen molar-refractivity contribution in [1.29, 1.82) is 0 Å². The normalized spacial score (nSPS) is 10.5. The van der Waals surface area contributed by atoms with Crippen LogP contribution in [0.4, 0.5) is 0 Å². The summed E-state index contributed by atoms with van der Waals surface area (Å²) in [4.78, 5) is 4.05. The van der Waals surface area contributed by atoms with Gasteiger partial charge in [0.2, 0.25) is 0 Å². The van der Waals surface area contributed by atoms with Gasteiger partial charge in [0, 0.05) is 0 Å². The standard InChI is InChI=1S/C12H15N3O2/c1-9-14-12(17-15-9)8-16-11-4-2-10(3-5-11)6-7-13/h2-5H,6-8,13H2,1H3. The first kappa shape index (κ1) is 11.6. The van der Waals surface area contributed by atoms with E-state index in [2.05, 4.69) is 10.1 Å². The van der Waals surface area contributed by atoms with Crippen molar-refractivity contribution >= 4 is 0 Å². The summed E-state index contributed by atoms with van der Waals surface area (Å²) < 4.78 is 10.5. The zero-order chi connectivity index (χ0) is 12.1. The first-order valence-electron chi connectivity index (χ1n) is 5.49. The Morgan fingerprint density at radius 1 is 1.29 bits per heavy atom. The average Bonchev–Trinajstić information content (AvgIpc) is 2.75. The topological polar surface area (TPSA) is 74.2 Å². The minimum absolute atomic E-state index is 0.289. The lowest BCUT2D eigenvalue weighted by molar-refractivity contribution is 0.242. The fraction of sp³-hybridized carbons (Fsp3) is 0.333. The molecular formula is C12H15N3O2. The third-order valence-corrected chi connectivity index (χ3v) is 2.29. The van der Waals surface area contributed by atoms with Crippen molar-refractivity contribution in [3.8, 4) is 5.75 Å². The van der Waals surface area contributed by atoms with Crippen LogP contribution in [0.3, 0.4) is 0 Å². The highest BCUT2D eigenvalue weighted by Gasteiger charge is 2.03. The zero-order valence-corrected chi connectivity index (χ0v) is 9.72. The van der Waals surface area contributed by atoms with E-state index in [4.69, 9.17) is 15.0 Å². The van der Waals surface area contributed by atoms with Crippen LogP contribution in [0, 0.1) is 6.92 Å². The molecule has 5 heteroatoms. The lowest BCUT2D eigenvalue weighted by atomic mass is 10.1. The second-order valence-electron chi connectivity index (χ2n) is 3.71. The summed E-state index contributed by atoms with van der Waals surface area (Å²) in [5, 5.41) is 3.69. The van der Waals surface area contributed by atoms with Crippen LogP contribution in [0.25, 0.3) is 0 Å². The average molecular weight is 233 g/mol. The van der Waals surface area contributed by atoms with Gasteiger partial charge < -0.3 is 15.0 Å². The van der Waals surface area contributed by atoms with Gasteiger partial charge in [-0.1, -0.05) is 17.3 Å². The summed E-state index contributed by atoms with van der Waals surface area (Å²) >= 11 is 0. The maximum absolute atomic E-state index is 5.51. The van der Waals surface area contributed by atoms with Crippen LogP contribution in [-0.2, 0) is 13.0 Å². The van der Waals surface area contributed by atoms with E-state index in [9.17, 15) is 0 Å². The molecular weight excluding hydrogens is 218 g/mol. The Kier molecular flexibility index (Phi) is 3.72. The molecule has 17 heavy (non-hydrogen) atoms. The molecule has 0 unspecified atom stereocenters. The second kappa shape index (κ2) is 5.45. The van der Waals surface area contributed by atoms with Crippen LogP contribution < -0.4 is 10.5 Å². The van der Waals surface area contributed by atoms with Crippen molar-refractivity contribution in [3.63, 3.8) is 0 Å². The Balaban J connectivity index is 1.90. The van der Waals surface area contributed by atoms with Crippen molar-refractivity contribution in [1.82, 2.24) is 10.1 Å². The Bertz CT molecular complexity index is 465. The van der Waals surface area contributed by atoms with Crippen LogP contribution in [0.1, 0.15) is 17.3 Å². The number of benzene rings is 1. The minimum atomic E-state index is 0.289. The summed E-state index contributed by atoms with van der Waals surface area (Å²) in [5.74, 6) is 1.87. The van der Waals surface area contributed by atoms with Crippen LogP contribution in [0.15, 0.2) is 28.8 Å². The molecule has 5 nitrogen and oxygen atoms in total. The quantitative estimate of drug-likeness (QED) is 0.846. The molecule has 0 bridgehead atoms. The molecule has 90 valence electrons. The van der Waals surface area contributed by atoms with E-state index < -0.39 is 0 Å². The van der Waals surface area contributed by atoms with E-state index in [1.807, 2.05) is 24.3 Å². The first-order chi connectivity index (χ1) is 8.28. The summed E-state index contributed by atoms with van der Waals surface area (Å²) in [6, 6.07) is 7.82. The molecule has 0 saturated heterocycles. The van der Waals surface area contributed by atoms with Gasteiger partial charge in [0.05, 0.1) is 0 Å². The third kappa shape index (κ3) is 3.29.